The summed E-state index contributed by atoms with van der Waals surface area (Å²) in [5.41, 5.74) is 2.36. The molecule has 0 saturated heterocycles. The Hall–Kier alpha value is -3.82. The number of furan rings is 1. The summed E-state index contributed by atoms with van der Waals surface area (Å²) in [6.07, 6.45) is -4.38. The van der Waals surface area contributed by atoms with Crippen molar-refractivity contribution in [3.63, 3.8) is 0 Å². The number of fused-ring (bicyclic) bond motifs is 1. The number of aliphatic carboxylic acids is 2. The lowest BCUT2D eigenvalue weighted by Crippen LogP contribution is -2.25. The highest BCUT2D eigenvalue weighted by atomic mass is 19.4. The number of anilines is 1. The highest BCUT2D eigenvalue weighted by Crippen LogP contribution is 2.30. The third kappa shape index (κ3) is 10.8. The van der Waals surface area contributed by atoms with Gasteiger partial charge in [-0.1, -0.05) is 0 Å². The smallest absolute Gasteiger partial charge is 0.478 e. The molecular formula is C23H25F6N3O7. The Balaban J connectivity index is 0.000000317. The Morgan fingerprint density at radius 2 is 1.56 bits per heavy atom. The molecule has 3 heterocycles. The molecule has 0 spiro atoms. The van der Waals surface area contributed by atoms with Gasteiger partial charge in [0, 0.05) is 31.7 Å². The minimum Gasteiger partial charge on any atom is -0.478 e. The van der Waals surface area contributed by atoms with Crippen LogP contribution in [0.3, 0.4) is 0 Å². The summed E-state index contributed by atoms with van der Waals surface area (Å²) in [7, 11) is 0. The molecule has 216 valence electrons. The van der Waals surface area contributed by atoms with Crippen molar-refractivity contribution < 1.29 is 60.5 Å². The standard InChI is InChI=1S/C19H23N3O3.2C2HF3O2/c23-19(24)16-10-14-5-7-22(12-15-2-1-9-25-15)8-6-17(14)21-18(16)20-11-13-3-4-13;2*3-2(4,5)1(6)7/h1-2,9-10,13H,3-8,11-12H2,(H,20,21)(H,23,24);2*(H,6,7). The minimum atomic E-state index is -5.08. The van der Waals surface area contributed by atoms with Crippen molar-refractivity contribution in [3.05, 3.63) is 47.0 Å². The molecule has 0 bridgehead atoms. The molecule has 0 atom stereocenters. The van der Waals surface area contributed by atoms with Crippen LogP contribution in [0.4, 0.5) is 32.2 Å². The molecule has 1 saturated carbocycles. The van der Waals surface area contributed by atoms with Gasteiger partial charge < -0.3 is 25.1 Å². The van der Waals surface area contributed by atoms with Crippen molar-refractivity contribution in [3.8, 4) is 0 Å². The Morgan fingerprint density at radius 1 is 1.00 bits per heavy atom. The minimum absolute atomic E-state index is 0.291. The van der Waals surface area contributed by atoms with Gasteiger partial charge in [0.05, 0.1) is 12.8 Å². The first-order valence-corrected chi connectivity index (χ1v) is 11.4. The fraction of sp³-hybridized carbons (Fsp3) is 0.478. The largest absolute Gasteiger partial charge is 0.490 e. The van der Waals surface area contributed by atoms with Crippen molar-refractivity contribution in [1.29, 1.82) is 0 Å². The first-order valence-electron chi connectivity index (χ1n) is 11.4. The molecule has 4 rings (SSSR count). The van der Waals surface area contributed by atoms with Crippen LogP contribution < -0.4 is 5.32 Å². The van der Waals surface area contributed by atoms with Crippen molar-refractivity contribution in [2.75, 3.05) is 25.0 Å². The number of nitrogens with one attached hydrogen (secondary N) is 1. The number of hydrogen-bond acceptors (Lipinski definition) is 7. The highest BCUT2D eigenvalue weighted by Gasteiger charge is 2.38. The first-order chi connectivity index (χ1) is 18.1. The molecule has 0 amide bonds. The molecule has 1 aliphatic heterocycles. The summed E-state index contributed by atoms with van der Waals surface area (Å²) in [5, 5.41) is 27.0. The number of aromatic carboxylic acids is 1. The second kappa shape index (κ2) is 13.3. The number of hydrogen-bond donors (Lipinski definition) is 4. The molecule has 0 radical (unpaired) electrons. The van der Waals surface area contributed by atoms with Gasteiger partial charge in [0.15, 0.2) is 0 Å². The van der Waals surface area contributed by atoms with Crippen LogP contribution in [0.1, 0.15) is 40.2 Å². The number of carboxylic acids is 3. The first kappa shape index (κ1) is 31.4. The van der Waals surface area contributed by atoms with Crippen LogP contribution >= 0.6 is 0 Å². The lowest BCUT2D eigenvalue weighted by Gasteiger charge is -2.17. The van der Waals surface area contributed by atoms with Crippen LogP contribution in [-0.2, 0) is 29.0 Å². The normalized spacial score (nSPS) is 15.4. The van der Waals surface area contributed by atoms with Gasteiger partial charge in [-0.15, -0.1) is 0 Å². The number of alkyl halides is 6. The van der Waals surface area contributed by atoms with Gasteiger partial charge in [0.25, 0.3) is 0 Å². The van der Waals surface area contributed by atoms with E-state index in [1.54, 1.807) is 6.26 Å². The number of nitrogens with zero attached hydrogens (tertiary/aromatic N) is 2. The third-order valence-electron chi connectivity index (χ3n) is 5.48. The highest BCUT2D eigenvalue weighted by molar-refractivity contribution is 5.93. The maximum atomic E-state index is 11.6. The van der Waals surface area contributed by atoms with E-state index >= 15 is 0 Å². The molecule has 2 aromatic heterocycles. The van der Waals surface area contributed by atoms with E-state index in [-0.39, 0.29) is 0 Å². The molecular weight excluding hydrogens is 544 g/mol. The number of halogens is 6. The molecule has 16 heteroatoms. The van der Waals surface area contributed by atoms with Gasteiger partial charge in [-0.25, -0.2) is 19.4 Å². The fourth-order valence-corrected chi connectivity index (χ4v) is 3.32. The lowest BCUT2D eigenvalue weighted by molar-refractivity contribution is -0.193. The van der Waals surface area contributed by atoms with Gasteiger partial charge >= 0.3 is 30.3 Å². The van der Waals surface area contributed by atoms with E-state index < -0.39 is 30.3 Å². The molecule has 2 aliphatic rings. The van der Waals surface area contributed by atoms with Crippen molar-refractivity contribution in [2.45, 2.75) is 44.6 Å². The Bertz CT molecular complexity index is 1110. The quantitative estimate of drug-likeness (QED) is 0.375. The maximum Gasteiger partial charge on any atom is 0.490 e. The van der Waals surface area contributed by atoms with E-state index in [1.807, 2.05) is 18.2 Å². The maximum absolute atomic E-state index is 11.6. The molecule has 0 unspecified atom stereocenters. The van der Waals surface area contributed by atoms with Crippen LogP contribution in [-0.4, -0.2) is 75.1 Å². The number of aromatic nitrogens is 1. The second-order valence-corrected chi connectivity index (χ2v) is 8.58. The summed E-state index contributed by atoms with van der Waals surface area (Å²) in [5.74, 6) is -4.27. The van der Waals surface area contributed by atoms with E-state index in [4.69, 9.17) is 24.2 Å². The summed E-state index contributed by atoms with van der Waals surface area (Å²) in [6, 6.07) is 5.70. The zero-order valence-corrected chi connectivity index (χ0v) is 20.2. The summed E-state index contributed by atoms with van der Waals surface area (Å²) in [6.45, 7) is 3.37. The Labute approximate surface area is 217 Å². The van der Waals surface area contributed by atoms with Crippen LogP contribution in [0.15, 0.2) is 28.9 Å². The number of rotatable bonds is 6. The average Bonchev–Trinajstić information content (AvgIpc) is 3.56. The molecule has 0 aromatic carbocycles. The third-order valence-corrected chi connectivity index (χ3v) is 5.48. The molecule has 1 aliphatic carbocycles. The number of pyridine rings is 1. The average molecular weight is 569 g/mol. The van der Waals surface area contributed by atoms with Gasteiger partial charge in [-0.2, -0.15) is 26.3 Å². The molecule has 1 fully saturated rings. The van der Waals surface area contributed by atoms with Crippen LogP contribution in [0.25, 0.3) is 0 Å². The topological polar surface area (TPSA) is 153 Å². The van der Waals surface area contributed by atoms with Crippen molar-refractivity contribution in [2.24, 2.45) is 5.92 Å². The van der Waals surface area contributed by atoms with E-state index in [0.717, 1.165) is 56.0 Å². The molecule has 2 aromatic rings. The zero-order valence-electron chi connectivity index (χ0n) is 20.2. The summed E-state index contributed by atoms with van der Waals surface area (Å²) >= 11 is 0. The summed E-state index contributed by atoms with van der Waals surface area (Å²) < 4.78 is 68.9. The SMILES string of the molecule is O=C(O)C(F)(F)F.O=C(O)C(F)(F)F.O=C(O)c1cc2c(nc1NCC1CC1)CCN(Cc1ccco1)CC2. The molecule has 39 heavy (non-hydrogen) atoms. The number of carboxylic acid groups (broad SMARTS) is 3. The fourth-order valence-electron chi connectivity index (χ4n) is 3.32. The van der Waals surface area contributed by atoms with Crippen LogP contribution in [0.5, 0.6) is 0 Å². The predicted molar refractivity (Wildman–Crippen MR) is 121 cm³/mol. The van der Waals surface area contributed by atoms with E-state index in [2.05, 4.69) is 15.2 Å². The Morgan fingerprint density at radius 3 is 2.03 bits per heavy atom. The van der Waals surface area contributed by atoms with Crippen molar-refractivity contribution >= 4 is 23.7 Å². The van der Waals surface area contributed by atoms with E-state index in [9.17, 15) is 36.2 Å². The van der Waals surface area contributed by atoms with Gasteiger partial charge in [0.1, 0.15) is 17.1 Å². The zero-order chi connectivity index (χ0) is 29.4. The predicted octanol–water partition coefficient (Wildman–Crippen LogP) is 4.06. The van der Waals surface area contributed by atoms with Gasteiger partial charge in [-0.05, 0) is 48.9 Å². The summed E-state index contributed by atoms with van der Waals surface area (Å²) in [4.78, 5) is 36.4. The monoisotopic (exact) mass is 569 g/mol. The molecule has 4 N–H and O–H groups in total. The lowest BCUT2D eigenvalue weighted by atomic mass is 10.1. The van der Waals surface area contributed by atoms with E-state index in [1.165, 1.54) is 12.8 Å². The van der Waals surface area contributed by atoms with Gasteiger partial charge in [-0.3, -0.25) is 4.90 Å². The number of carbonyl (C=O) groups is 3. The Kier molecular flexibility index (Phi) is 10.7. The molecule has 10 nitrogen and oxygen atoms in total. The van der Waals surface area contributed by atoms with Crippen LogP contribution in [0.2, 0.25) is 0 Å². The van der Waals surface area contributed by atoms with Crippen LogP contribution in [0, 0.1) is 5.92 Å². The van der Waals surface area contributed by atoms with Crippen molar-refractivity contribution in [1.82, 2.24) is 9.88 Å². The second-order valence-electron chi connectivity index (χ2n) is 8.58. The van der Waals surface area contributed by atoms with Gasteiger partial charge in [0.2, 0.25) is 0 Å². The van der Waals surface area contributed by atoms with E-state index in [0.29, 0.717) is 17.3 Å².